The Labute approximate surface area is 153 Å². The molecule has 0 saturated heterocycles. The van der Waals surface area contributed by atoms with Gasteiger partial charge in [-0.1, -0.05) is 32.0 Å². The summed E-state index contributed by atoms with van der Waals surface area (Å²) in [6, 6.07) is 12.6. The van der Waals surface area contributed by atoms with Crippen molar-refractivity contribution in [3.8, 4) is 0 Å². The zero-order chi connectivity index (χ0) is 19.2. The monoisotopic (exact) mass is 374 g/mol. The highest BCUT2D eigenvalue weighted by Gasteiger charge is 2.20. The molecular weight excluding hydrogens is 352 g/mol. The molecule has 2 N–H and O–H groups in total. The molecule has 0 fully saturated rings. The van der Waals surface area contributed by atoms with Crippen LogP contribution in [-0.2, 0) is 9.84 Å². The van der Waals surface area contributed by atoms with E-state index < -0.39 is 15.7 Å². The van der Waals surface area contributed by atoms with Gasteiger partial charge in [0, 0.05) is 17.8 Å². The van der Waals surface area contributed by atoms with Gasteiger partial charge in [-0.25, -0.2) is 8.42 Å². The molecule has 0 spiro atoms. The van der Waals surface area contributed by atoms with Crippen molar-refractivity contribution >= 4 is 27.3 Å². The van der Waals surface area contributed by atoms with E-state index in [9.17, 15) is 18.0 Å². The van der Waals surface area contributed by atoms with Crippen LogP contribution in [-0.4, -0.2) is 32.5 Å². The van der Waals surface area contributed by atoms with Crippen LogP contribution in [0.4, 0.5) is 5.69 Å². The lowest BCUT2D eigenvalue weighted by atomic mass is 10.1. The quantitative estimate of drug-likeness (QED) is 0.779. The van der Waals surface area contributed by atoms with Gasteiger partial charge in [-0.3, -0.25) is 9.59 Å². The molecule has 0 bridgehead atoms. The third kappa shape index (κ3) is 4.70. The second-order valence-electron chi connectivity index (χ2n) is 5.69. The standard InChI is InChI=1S/C19H22N2O4S/c1-3-12-20-18(22)14-8-7-9-15(13-14)21-19(23)16-10-5-6-11-17(16)26(24,25)4-2/h5-11,13H,3-4,12H2,1-2H3,(H,20,22)(H,21,23). The number of rotatable bonds is 7. The Hall–Kier alpha value is -2.67. The maximum absolute atomic E-state index is 12.6. The van der Waals surface area contributed by atoms with Crippen molar-refractivity contribution in [3.63, 3.8) is 0 Å². The van der Waals surface area contributed by atoms with Crippen LogP contribution < -0.4 is 10.6 Å². The summed E-state index contributed by atoms with van der Waals surface area (Å²) in [5, 5.41) is 5.43. The molecule has 0 saturated carbocycles. The van der Waals surface area contributed by atoms with Crippen molar-refractivity contribution in [1.82, 2.24) is 5.32 Å². The third-order valence-corrected chi connectivity index (χ3v) is 5.55. The van der Waals surface area contributed by atoms with E-state index in [4.69, 9.17) is 0 Å². The molecule has 0 radical (unpaired) electrons. The zero-order valence-electron chi connectivity index (χ0n) is 14.8. The van der Waals surface area contributed by atoms with Gasteiger partial charge in [-0.2, -0.15) is 0 Å². The van der Waals surface area contributed by atoms with E-state index in [2.05, 4.69) is 10.6 Å². The van der Waals surface area contributed by atoms with Gasteiger partial charge in [0.25, 0.3) is 11.8 Å². The Morgan fingerprint density at radius 1 is 0.962 bits per heavy atom. The number of hydrogen-bond acceptors (Lipinski definition) is 4. The van der Waals surface area contributed by atoms with Crippen LogP contribution in [0.5, 0.6) is 0 Å². The number of nitrogens with one attached hydrogen (secondary N) is 2. The topological polar surface area (TPSA) is 92.3 Å². The number of amides is 2. The molecule has 7 heteroatoms. The first-order chi connectivity index (χ1) is 12.4. The third-order valence-electron chi connectivity index (χ3n) is 3.76. The highest BCUT2D eigenvalue weighted by atomic mass is 32.2. The van der Waals surface area contributed by atoms with Crippen LogP contribution in [0, 0.1) is 0 Å². The summed E-state index contributed by atoms with van der Waals surface area (Å²) in [5.74, 6) is -0.856. The number of benzene rings is 2. The first-order valence-electron chi connectivity index (χ1n) is 8.40. The first kappa shape index (κ1) is 19.7. The molecule has 2 aromatic carbocycles. The molecule has 2 rings (SSSR count). The summed E-state index contributed by atoms with van der Waals surface area (Å²) >= 11 is 0. The zero-order valence-corrected chi connectivity index (χ0v) is 15.6. The van der Waals surface area contributed by atoms with Crippen molar-refractivity contribution < 1.29 is 18.0 Å². The number of sulfone groups is 1. The minimum Gasteiger partial charge on any atom is -0.352 e. The molecule has 6 nitrogen and oxygen atoms in total. The maximum Gasteiger partial charge on any atom is 0.256 e. The molecule has 26 heavy (non-hydrogen) atoms. The molecular formula is C19H22N2O4S. The largest absolute Gasteiger partial charge is 0.352 e. The van der Waals surface area contributed by atoms with E-state index in [0.29, 0.717) is 17.8 Å². The van der Waals surface area contributed by atoms with E-state index in [1.165, 1.54) is 19.1 Å². The SMILES string of the molecule is CCCNC(=O)c1cccc(NC(=O)c2ccccc2S(=O)(=O)CC)c1. The number of carbonyl (C=O) groups excluding carboxylic acids is 2. The van der Waals surface area contributed by atoms with Gasteiger partial charge in [0.05, 0.1) is 16.2 Å². The van der Waals surface area contributed by atoms with E-state index in [0.717, 1.165) is 6.42 Å². The van der Waals surface area contributed by atoms with Gasteiger partial charge in [0.1, 0.15) is 0 Å². The lowest BCUT2D eigenvalue weighted by Crippen LogP contribution is -2.24. The molecule has 138 valence electrons. The van der Waals surface area contributed by atoms with Crippen LogP contribution >= 0.6 is 0 Å². The predicted molar refractivity (Wildman–Crippen MR) is 101 cm³/mol. The smallest absolute Gasteiger partial charge is 0.256 e. The summed E-state index contributed by atoms with van der Waals surface area (Å²) in [4.78, 5) is 24.6. The average Bonchev–Trinajstić information content (AvgIpc) is 2.66. The van der Waals surface area contributed by atoms with Crippen LogP contribution in [0.1, 0.15) is 41.0 Å². The predicted octanol–water partition coefficient (Wildman–Crippen LogP) is 2.87. The highest BCUT2D eigenvalue weighted by Crippen LogP contribution is 2.19. The summed E-state index contributed by atoms with van der Waals surface area (Å²) < 4.78 is 24.4. The molecule has 2 aromatic rings. The van der Waals surface area contributed by atoms with Gasteiger partial charge < -0.3 is 10.6 Å². The lowest BCUT2D eigenvalue weighted by Gasteiger charge is -2.11. The van der Waals surface area contributed by atoms with Crippen LogP contribution in [0.25, 0.3) is 0 Å². The molecule has 0 aliphatic heterocycles. The normalized spacial score (nSPS) is 11.0. The van der Waals surface area contributed by atoms with E-state index >= 15 is 0 Å². The second-order valence-corrected chi connectivity index (χ2v) is 7.94. The van der Waals surface area contributed by atoms with Gasteiger partial charge in [-0.05, 0) is 36.8 Å². The van der Waals surface area contributed by atoms with Crippen molar-refractivity contribution in [2.45, 2.75) is 25.2 Å². The Balaban J connectivity index is 2.25. The van der Waals surface area contributed by atoms with Gasteiger partial charge in [0.2, 0.25) is 0 Å². The molecule has 0 aliphatic carbocycles. The fraction of sp³-hybridized carbons (Fsp3) is 0.263. The van der Waals surface area contributed by atoms with E-state index in [-0.39, 0.29) is 22.1 Å². The minimum absolute atomic E-state index is 0.00292. The molecule has 0 atom stereocenters. The summed E-state index contributed by atoms with van der Waals surface area (Å²) in [6.07, 6.45) is 0.824. The molecule has 0 aromatic heterocycles. The fourth-order valence-corrected chi connectivity index (χ4v) is 3.45. The van der Waals surface area contributed by atoms with Crippen molar-refractivity contribution in [2.75, 3.05) is 17.6 Å². The summed E-state index contributed by atoms with van der Waals surface area (Å²) in [5.41, 5.74) is 0.920. The Bertz CT molecular complexity index is 907. The van der Waals surface area contributed by atoms with Crippen molar-refractivity contribution in [2.24, 2.45) is 0 Å². The highest BCUT2D eigenvalue weighted by molar-refractivity contribution is 7.91. The van der Waals surface area contributed by atoms with Crippen LogP contribution in [0.2, 0.25) is 0 Å². The minimum atomic E-state index is -3.52. The van der Waals surface area contributed by atoms with E-state index in [1.54, 1.807) is 36.4 Å². The van der Waals surface area contributed by atoms with Gasteiger partial charge in [-0.15, -0.1) is 0 Å². The number of anilines is 1. The molecule has 2 amide bonds. The Kier molecular flexibility index (Phi) is 6.52. The first-order valence-corrected chi connectivity index (χ1v) is 10.1. The lowest BCUT2D eigenvalue weighted by molar-refractivity contribution is 0.0952. The van der Waals surface area contributed by atoms with Gasteiger partial charge >= 0.3 is 0 Å². The van der Waals surface area contributed by atoms with E-state index in [1.807, 2.05) is 6.92 Å². The van der Waals surface area contributed by atoms with Crippen LogP contribution in [0.3, 0.4) is 0 Å². The summed E-state index contributed by atoms with van der Waals surface area (Å²) in [7, 11) is -3.52. The Morgan fingerprint density at radius 3 is 2.38 bits per heavy atom. The average molecular weight is 374 g/mol. The van der Waals surface area contributed by atoms with Crippen molar-refractivity contribution in [3.05, 3.63) is 59.7 Å². The second kappa shape index (κ2) is 8.62. The molecule has 0 unspecified atom stereocenters. The van der Waals surface area contributed by atoms with Gasteiger partial charge in [0.15, 0.2) is 9.84 Å². The summed E-state index contributed by atoms with van der Waals surface area (Å²) in [6.45, 7) is 4.05. The fourth-order valence-electron chi connectivity index (χ4n) is 2.36. The Morgan fingerprint density at radius 2 is 1.69 bits per heavy atom. The number of hydrogen-bond donors (Lipinski definition) is 2. The maximum atomic E-state index is 12.6. The number of carbonyl (C=O) groups is 2. The van der Waals surface area contributed by atoms with Crippen LogP contribution in [0.15, 0.2) is 53.4 Å². The van der Waals surface area contributed by atoms with Crippen molar-refractivity contribution in [1.29, 1.82) is 0 Å². The molecule has 0 aliphatic rings. The molecule has 0 heterocycles.